The van der Waals surface area contributed by atoms with Crippen molar-refractivity contribution in [3.63, 3.8) is 0 Å². The monoisotopic (exact) mass is 343 g/mol. The number of hydrogen-bond acceptors (Lipinski definition) is 1. The summed E-state index contributed by atoms with van der Waals surface area (Å²) < 4.78 is 0. The number of benzene rings is 2. The van der Waals surface area contributed by atoms with E-state index >= 15 is 0 Å². The summed E-state index contributed by atoms with van der Waals surface area (Å²) in [6, 6.07) is 14.6. The molecule has 3 heteroatoms. The maximum atomic E-state index is 12.0. The lowest BCUT2D eigenvalue weighted by Crippen LogP contribution is -2.26. The maximum absolute atomic E-state index is 12.0. The van der Waals surface area contributed by atoms with E-state index in [1.807, 2.05) is 26.0 Å². The van der Waals surface area contributed by atoms with E-state index in [9.17, 15) is 4.79 Å². The first-order chi connectivity index (χ1) is 9.91. The molecule has 0 saturated heterocycles. The molecule has 1 atom stereocenters. The van der Waals surface area contributed by atoms with Gasteiger partial charge in [-0.25, -0.2) is 0 Å². The Labute approximate surface area is 133 Å². The highest BCUT2D eigenvalue weighted by Gasteiger charge is 2.38. The van der Waals surface area contributed by atoms with Gasteiger partial charge in [0.25, 0.3) is 0 Å². The zero-order chi connectivity index (χ0) is 15.2. The van der Waals surface area contributed by atoms with E-state index in [1.54, 1.807) is 0 Å². The molecule has 2 nitrogen and oxygen atoms in total. The molecule has 2 aromatic rings. The molecule has 0 bridgehead atoms. The van der Waals surface area contributed by atoms with Gasteiger partial charge in [0.15, 0.2) is 0 Å². The van der Waals surface area contributed by atoms with Crippen LogP contribution in [0.3, 0.4) is 0 Å². The van der Waals surface area contributed by atoms with Crippen molar-refractivity contribution in [2.24, 2.45) is 0 Å². The molecule has 1 aliphatic rings. The summed E-state index contributed by atoms with van der Waals surface area (Å²) in [7, 11) is 0. The Kier molecular flexibility index (Phi) is 3.40. The number of rotatable bonds is 2. The van der Waals surface area contributed by atoms with E-state index in [2.05, 4.69) is 58.5 Å². The predicted octanol–water partition coefficient (Wildman–Crippen LogP) is 4.71. The van der Waals surface area contributed by atoms with Gasteiger partial charge in [-0.1, -0.05) is 52.3 Å². The first-order valence-electron chi connectivity index (χ1n) is 7.07. The molecule has 108 valence electrons. The van der Waals surface area contributed by atoms with Crippen molar-refractivity contribution in [3.05, 3.63) is 64.7 Å². The van der Waals surface area contributed by atoms with Crippen LogP contribution in [-0.4, -0.2) is 5.91 Å². The lowest BCUT2D eigenvalue weighted by molar-refractivity contribution is -0.119. The fourth-order valence-corrected chi connectivity index (χ4v) is 3.60. The third kappa shape index (κ3) is 2.30. The second-order valence-electron chi connectivity index (χ2n) is 6.10. The summed E-state index contributed by atoms with van der Waals surface area (Å²) in [6.45, 7) is 6.05. The Morgan fingerprint density at radius 1 is 1.14 bits per heavy atom. The molecule has 0 aliphatic carbocycles. The van der Waals surface area contributed by atoms with E-state index in [4.69, 9.17) is 0 Å². The van der Waals surface area contributed by atoms with Crippen LogP contribution in [0.4, 0.5) is 5.69 Å². The Balaban J connectivity index is 2.05. The molecule has 0 aromatic heterocycles. The summed E-state index contributed by atoms with van der Waals surface area (Å²) in [5.41, 5.74) is 5.22. The summed E-state index contributed by atoms with van der Waals surface area (Å²) in [4.78, 5) is 12.2. The highest BCUT2D eigenvalue weighted by atomic mass is 79.9. The van der Waals surface area contributed by atoms with Gasteiger partial charge in [-0.05, 0) is 49.1 Å². The average molecular weight is 344 g/mol. The van der Waals surface area contributed by atoms with Gasteiger partial charge in [-0.2, -0.15) is 0 Å². The predicted molar refractivity (Wildman–Crippen MR) is 90.0 cm³/mol. The van der Waals surface area contributed by atoms with Crippen molar-refractivity contribution < 1.29 is 4.79 Å². The number of carbonyl (C=O) groups excluding carboxylic acids is 1. The van der Waals surface area contributed by atoms with E-state index in [-0.39, 0.29) is 10.7 Å². The van der Waals surface area contributed by atoms with Gasteiger partial charge in [0.2, 0.25) is 5.91 Å². The van der Waals surface area contributed by atoms with Crippen molar-refractivity contribution >= 4 is 27.5 Å². The molecule has 1 aliphatic heterocycles. The summed E-state index contributed by atoms with van der Waals surface area (Å²) in [6.07, 6.45) is 0. The van der Waals surface area contributed by atoms with Crippen molar-refractivity contribution in [2.45, 2.75) is 31.0 Å². The van der Waals surface area contributed by atoms with Gasteiger partial charge in [0.05, 0.1) is 10.2 Å². The molecule has 1 N–H and O–H groups in total. The third-order valence-corrected chi connectivity index (χ3v) is 5.31. The van der Waals surface area contributed by atoms with Crippen LogP contribution < -0.4 is 5.32 Å². The quantitative estimate of drug-likeness (QED) is 0.786. The van der Waals surface area contributed by atoms with Gasteiger partial charge in [0, 0.05) is 5.69 Å². The largest absolute Gasteiger partial charge is 0.325 e. The van der Waals surface area contributed by atoms with Crippen molar-refractivity contribution in [1.82, 2.24) is 0 Å². The topological polar surface area (TPSA) is 29.1 Å². The fraction of sp³-hybridized carbons (Fsp3) is 0.278. The van der Waals surface area contributed by atoms with Crippen LogP contribution in [0.15, 0.2) is 42.5 Å². The number of halogens is 1. The first-order valence-corrected chi connectivity index (χ1v) is 7.98. The summed E-state index contributed by atoms with van der Waals surface area (Å²) >= 11 is 3.80. The number of amides is 1. The molecule has 0 saturated carbocycles. The van der Waals surface area contributed by atoms with Crippen molar-refractivity contribution in [1.29, 1.82) is 0 Å². The smallest absolute Gasteiger partial charge is 0.234 e. The minimum absolute atomic E-state index is 0.0664. The average Bonchev–Trinajstić information content (AvgIpc) is 2.69. The van der Waals surface area contributed by atoms with Gasteiger partial charge in [0.1, 0.15) is 0 Å². The van der Waals surface area contributed by atoms with Gasteiger partial charge in [-0.15, -0.1) is 0 Å². The highest BCUT2D eigenvalue weighted by molar-refractivity contribution is 9.09. The molecule has 0 radical (unpaired) electrons. The number of alkyl halides is 1. The number of anilines is 1. The summed E-state index contributed by atoms with van der Waals surface area (Å²) in [5, 5.41) is 2.95. The maximum Gasteiger partial charge on any atom is 0.234 e. The normalized spacial score (nSPS) is 17.2. The second kappa shape index (κ2) is 4.99. The third-order valence-electron chi connectivity index (χ3n) is 4.29. The van der Waals surface area contributed by atoms with E-state index in [1.165, 1.54) is 16.7 Å². The number of nitrogens with one attached hydrogen (secondary N) is 1. The molecular formula is C18H18BrNO. The van der Waals surface area contributed by atoms with Crippen LogP contribution in [0.25, 0.3) is 0 Å². The van der Waals surface area contributed by atoms with Crippen LogP contribution >= 0.6 is 15.9 Å². The van der Waals surface area contributed by atoms with E-state index in [0.717, 1.165) is 11.3 Å². The minimum Gasteiger partial charge on any atom is -0.325 e. The molecule has 1 unspecified atom stereocenters. The number of fused-ring (bicyclic) bond motifs is 1. The number of carbonyl (C=O) groups is 1. The first kappa shape index (κ1) is 14.3. The molecule has 21 heavy (non-hydrogen) atoms. The zero-order valence-corrected chi connectivity index (χ0v) is 14.0. The molecule has 1 heterocycles. The van der Waals surface area contributed by atoms with Crippen LogP contribution in [0.1, 0.15) is 40.9 Å². The van der Waals surface area contributed by atoms with Crippen LogP contribution in [0.2, 0.25) is 0 Å². The molecule has 2 aromatic carbocycles. The lowest BCUT2D eigenvalue weighted by atomic mass is 9.84. The van der Waals surface area contributed by atoms with Crippen LogP contribution in [-0.2, 0) is 10.2 Å². The van der Waals surface area contributed by atoms with Crippen molar-refractivity contribution in [3.8, 4) is 0 Å². The van der Waals surface area contributed by atoms with Crippen LogP contribution in [0, 0.1) is 6.92 Å². The zero-order valence-electron chi connectivity index (χ0n) is 12.4. The summed E-state index contributed by atoms with van der Waals surface area (Å²) in [5.74, 6) is 0.0664. The number of hydrogen-bond donors (Lipinski definition) is 1. The lowest BCUT2D eigenvalue weighted by Gasteiger charge is -2.18. The Morgan fingerprint density at radius 2 is 1.86 bits per heavy atom. The molecule has 1 amide bonds. The molecular weight excluding hydrogens is 326 g/mol. The van der Waals surface area contributed by atoms with Gasteiger partial charge in [-0.3, -0.25) is 4.79 Å². The minimum atomic E-state index is -0.468. The molecule has 0 spiro atoms. The highest BCUT2D eigenvalue weighted by Crippen LogP contribution is 2.41. The Bertz CT molecular complexity index is 721. The van der Waals surface area contributed by atoms with E-state index < -0.39 is 5.41 Å². The second-order valence-corrected chi connectivity index (χ2v) is 7.02. The van der Waals surface area contributed by atoms with Crippen molar-refractivity contribution in [2.75, 3.05) is 5.32 Å². The van der Waals surface area contributed by atoms with Gasteiger partial charge >= 0.3 is 0 Å². The Hall–Kier alpha value is -1.61. The van der Waals surface area contributed by atoms with Gasteiger partial charge < -0.3 is 5.32 Å². The fourth-order valence-electron chi connectivity index (χ4n) is 2.80. The molecule has 0 fully saturated rings. The Morgan fingerprint density at radius 3 is 2.57 bits per heavy atom. The van der Waals surface area contributed by atoms with Crippen LogP contribution in [0.5, 0.6) is 0 Å². The van der Waals surface area contributed by atoms with E-state index in [0.29, 0.717) is 0 Å². The number of aryl methyl sites for hydroxylation is 1. The standard InChI is InChI=1S/C18H18BrNO/c1-11-6-4-5-7-13(11)16(19)12-8-9-15-14(10-12)18(2,3)17(21)20-15/h4-10,16H,1-3H3,(H,20,21). The SMILES string of the molecule is Cc1ccccc1C(Br)c1ccc2c(c1)C(C)(C)C(=O)N2. The molecule has 3 rings (SSSR count).